The number of aromatic hydroxyl groups is 1. The Morgan fingerprint density at radius 1 is 0.571 bits per heavy atom. The van der Waals surface area contributed by atoms with Crippen molar-refractivity contribution < 1.29 is 5.11 Å². The zero-order valence-corrected chi connectivity index (χ0v) is 8.52. The molecule has 1 nitrogen and oxygen atoms in total. The van der Waals surface area contributed by atoms with Crippen molar-refractivity contribution in [3.05, 3.63) is 66.7 Å². The van der Waals surface area contributed by atoms with E-state index in [-0.39, 0.29) is 12.4 Å². The topological polar surface area (TPSA) is 20.2 Å². The molecule has 0 fully saturated rings. The van der Waals surface area contributed by atoms with E-state index < -0.39 is 0 Å². The second-order valence-electron chi connectivity index (χ2n) is 2.49. The van der Waals surface area contributed by atoms with Crippen LogP contribution in [0.5, 0.6) is 5.75 Å². The molecule has 2 heteroatoms. The minimum Gasteiger partial charge on any atom is -0.508 e. The Morgan fingerprint density at radius 2 is 0.857 bits per heavy atom. The predicted octanol–water partition coefficient (Wildman–Crippen LogP) is 3.50. The highest BCUT2D eigenvalue weighted by molar-refractivity contribution is 5.85. The third-order valence-electron chi connectivity index (χ3n) is 1.42. The molecule has 2 aromatic rings. The first kappa shape index (κ1) is 12.5. The minimum atomic E-state index is 0. The second kappa shape index (κ2) is 8.14. The van der Waals surface area contributed by atoms with Crippen LogP contribution in [-0.4, -0.2) is 5.11 Å². The number of phenols is 1. The van der Waals surface area contributed by atoms with Gasteiger partial charge in [-0.3, -0.25) is 0 Å². The van der Waals surface area contributed by atoms with Crippen LogP contribution in [0.25, 0.3) is 0 Å². The Hall–Kier alpha value is -1.47. The maximum Gasteiger partial charge on any atom is 0.115 e. The summed E-state index contributed by atoms with van der Waals surface area (Å²) in [6, 6.07) is 20.7. The monoisotopic (exact) mass is 208 g/mol. The van der Waals surface area contributed by atoms with Crippen LogP contribution in [0.4, 0.5) is 0 Å². The van der Waals surface area contributed by atoms with Crippen LogP contribution in [0.2, 0.25) is 0 Å². The fourth-order valence-corrected chi connectivity index (χ4v) is 0.813. The molecule has 0 atom stereocenters. The SMILES string of the molecule is Cl.Oc1ccccc1.c1ccccc1. The molecule has 0 heterocycles. The van der Waals surface area contributed by atoms with Gasteiger partial charge < -0.3 is 5.11 Å². The molecule has 1 N–H and O–H groups in total. The smallest absolute Gasteiger partial charge is 0.115 e. The van der Waals surface area contributed by atoms with E-state index >= 15 is 0 Å². The van der Waals surface area contributed by atoms with Crippen molar-refractivity contribution in [1.29, 1.82) is 0 Å². The molecule has 0 aromatic heterocycles. The Balaban J connectivity index is 0.000000227. The molecule has 0 saturated carbocycles. The molecule has 0 bridgehead atoms. The van der Waals surface area contributed by atoms with E-state index in [9.17, 15) is 0 Å². The minimum absolute atomic E-state index is 0. The maximum absolute atomic E-state index is 8.63. The van der Waals surface area contributed by atoms with Gasteiger partial charge in [-0.1, -0.05) is 54.6 Å². The number of rotatable bonds is 0. The first-order valence-corrected chi connectivity index (χ1v) is 4.13. The van der Waals surface area contributed by atoms with Crippen molar-refractivity contribution in [2.75, 3.05) is 0 Å². The molecule has 0 spiro atoms. The largest absolute Gasteiger partial charge is 0.508 e. The molecule has 0 amide bonds. The number of para-hydroxylation sites is 1. The van der Waals surface area contributed by atoms with Crippen molar-refractivity contribution in [1.82, 2.24) is 0 Å². The summed E-state index contributed by atoms with van der Waals surface area (Å²) in [6.07, 6.45) is 0. The molecule has 0 aliphatic rings. The standard InChI is InChI=1S/C6H6O.C6H6.ClH/c7-6-4-2-1-3-5-6;1-2-4-6-5-3-1;/h1-5,7H;1-6H;1H. The Bertz CT molecular complexity index is 281. The van der Waals surface area contributed by atoms with E-state index in [1.54, 1.807) is 24.3 Å². The summed E-state index contributed by atoms with van der Waals surface area (Å²) >= 11 is 0. The van der Waals surface area contributed by atoms with Crippen molar-refractivity contribution in [3.63, 3.8) is 0 Å². The van der Waals surface area contributed by atoms with Gasteiger partial charge in [0, 0.05) is 0 Å². The molecule has 74 valence electrons. The number of phenolic OH excluding ortho intramolecular Hbond substituents is 1. The maximum atomic E-state index is 8.63. The lowest BCUT2D eigenvalue weighted by Gasteiger charge is -1.82. The van der Waals surface area contributed by atoms with Gasteiger partial charge in [-0.15, -0.1) is 12.4 Å². The first-order valence-electron chi connectivity index (χ1n) is 4.13. The van der Waals surface area contributed by atoms with E-state index in [0.29, 0.717) is 5.75 Å². The van der Waals surface area contributed by atoms with Gasteiger partial charge in [0.25, 0.3) is 0 Å². The predicted molar refractivity (Wildman–Crippen MR) is 61.8 cm³/mol. The molecule has 0 aliphatic carbocycles. The van der Waals surface area contributed by atoms with Crippen LogP contribution < -0.4 is 0 Å². The fraction of sp³-hybridized carbons (Fsp3) is 0. The van der Waals surface area contributed by atoms with E-state index in [1.165, 1.54) is 0 Å². The van der Waals surface area contributed by atoms with Crippen molar-refractivity contribution in [2.45, 2.75) is 0 Å². The highest BCUT2D eigenvalue weighted by Gasteiger charge is 1.74. The molecule has 2 rings (SSSR count). The van der Waals surface area contributed by atoms with E-state index in [2.05, 4.69) is 0 Å². The van der Waals surface area contributed by atoms with Crippen LogP contribution >= 0.6 is 12.4 Å². The number of hydrogen-bond acceptors (Lipinski definition) is 1. The lowest BCUT2D eigenvalue weighted by molar-refractivity contribution is 0.475. The van der Waals surface area contributed by atoms with Crippen LogP contribution in [0.15, 0.2) is 66.7 Å². The highest BCUT2D eigenvalue weighted by atomic mass is 35.5. The summed E-state index contributed by atoms with van der Waals surface area (Å²) in [5, 5.41) is 8.63. The second-order valence-corrected chi connectivity index (χ2v) is 2.49. The van der Waals surface area contributed by atoms with Crippen LogP contribution in [0, 0.1) is 0 Å². The summed E-state index contributed by atoms with van der Waals surface area (Å²) < 4.78 is 0. The molecule has 0 unspecified atom stereocenters. The highest BCUT2D eigenvalue weighted by Crippen LogP contribution is 2.02. The summed E-state index contributed by atoms with van der Waals surface area (Å²) in [6.45, 7) is 0. The van der Waals surface area contributed by atoms with Crippen LogP contribution in [-0.2, 0) is 0 Å². The third-order valence-corrected chi connectivity index (χ3v) is 1.42. The molecule has 2 aromatic carbocycles. The van der Waals surface area contributed by atoms with E-state index in [0.717, 1.165) is 0 Å². The third kappa shape index (κ3) is 6.09. The molecule has 0 aliphatic heterocycles. The van der Waals surface area contributed by atoms with Gasteiger partial charge in [-0.25, -0.2) is 0 Å². The zero-order chi connectivity index (χ0) is 9.36. The Morgan fingerprint density at radius 3 is 1.07 bits per heavy atom. The summed E-state index contributed by atoms with van der Waals surface area (Å²) in [5.41, 5.74) is 0. The summed E-state index contributed by atoms with van der Waals surface area (Å²) in [7, 11) is 0. The van der Waals surface area contributed by atoms with Crippen molar-refractivity contribution in [2.24, 2.45) is 0 Å². The van der Waals surface area contributed by atoms with Gasteiger partial charge in [0.15, 0.2) is 0 Å². The van der Waals surface area contributed by atoms with Crippen LogP contribution in [0.3, 0.4) is 0 Å². The zero-order valence-electron chi connectivity index (χ0n) is 7.71. The first-order chi connectivity index (χ1) is 6.39. The van der Waals surface area contributed by atoms with Crippen LogP contribution in [0.1, 0.15) is 0 Å². The molecular formula is C12H13ClO. The molecule has 14 heavy (non-hydrogen) atoms. The van der Waals surface area contributed by atoms with E-state index in [4.69, 9.17) is 5.11 Å². The van der Waals surface area contributed by atoms with Gasteiger partial charge in [0.05, 0.1) is 0 Å². The average Bonchev–Trinajstić information content (AvgIpc) is 2.22. The van der Waals surface area contributed by atoms with Gasteiger partial charge in [0.2, 0.25) is 0 Å². The average molecular weight is 209 g/mol. The quantitative estimate of drug-likeness (QED) is 0.703. The lowest BCUT2D eigenvalue weighted by atomic mass is 10.3. The fourth-order valence-electron chi connectivity index (χ4n) is 0.813. The number of benzene rings is 2. The summed E-state index contributed by atoms with van der Waals surface area (Å²) in [5.74, 6) is 0.322. The van der Waals surface area contributed by atoms with Gasteiger partial charge in [-0.2, -0.15) is 0 Å². The summed E-state index contributed by atoms with van der Waals surface area (Å²) in [4.78, 5) is 0. The normalized spacial score (nSPS) is 7.71. The van der Waals surface area contributed by atoms with Gasteiger partial charge in [0.1, 0.15) is 5.75 Å². The Labute approximate surface area is 90.4 Å². The molecular weight excluding hydrogens is 196 g/mol. The van der Waals surface area contributed by atoms with Crippen molar-refractivity contribution in [3.8, 4) is 5.75 Å². The van der Waals surface area contributed by atoms with Crippen molar-refractivity contribution >= 4 is 12.4 Å². The Kier molecular flexibility index (Phi) is 7.29. The lowest BCUT2D eigenvalue weighted by Crippen LogP contribution is -1.56. The van der Waals surface area contributed by atoms with Gasteiger partial charge in [-0.05, 0) is 12.1 Å². The number of hydrogen-bond donors (Lipinski definition) is 1. The van der Waals surface area contributed by atoms with Gasteiger partial charge >= 0.3 is 0 Å². The molecule has 0 radical (unpaired) electrons. The van der Waals surface area contributed by atoms with E-state index in [1.807, 2.05) is 42.5 Å². The molecule has 0 saturated heterocycles. The number of halogens is 1.